The number of ether oxygens (including phenoxy) is 2. The van der Waals surface area contributed by atoms with Crippen LogP contribution in [-0.2, 0) is 19.1 Å². The van der Waals surface area contributed by atoms with E-state index >= 15 is 0 Å². The molecule has 56 heavy (non-hydrogen) atoms. The van der Waals surface area contributed by atoms with Crippen molar-refractivity contribution in [3.63, 3.8) is 0 Å². The second kappa shape index (κ2) is 14.5. The average Bonchev–Trinajstić information content (AvgIpc) is 3.97. The molecule has 290 valence electrons. The van der Waals surface area contributed by atoms with E-state index in [9.17, 15) is 19.2 Å². The predicted molar refractivity (Wildman–Crippen MR) is 204 cm³/mol. The van der Waals surface area contributed by atoms with Crippen molar-refractivity contribution in [2.24, 2.45) is 11.8 Å². The van der Waals surface area contributed by atoms with Crippen LogP contribution in [0.5, 0.6) is 0 Å². The van der Waals surface area contributed by atoms with Gasteiger partial charge in [-0.1, -0.05) is 18.2 Å². The van der Waals surface area contributed by atoms with Crippen molar-refractivity contribution in [1.82, 2.24) is 50.6 Å². The lowest BCUT2D eigenvalue weighted by Crippen LogP contribution is -2.49. The van der Waals surface area contributed by atoms with Crippen molar-refractivity contribution in [3.8, 4) is 22.5 Å². The van der Waals surface area contributed by atoms with Gasteiger partial charge >= 0.3 is 12.2 Å². The van der Waals surface area contributed by atoms with Gasteiger partial charge in [0.05, 0.1) is 60.4 Å². The number of nitrogens with zero attached hydrogens (tertiary/aromatic N) is 6. The quantitative estimate of drug-likeness (QED) is 0.147. The monoisotopic (exact) mass is 760 g/mol. The molecule has 16 heteroatoms. The van der Waals surface area contributed by atoms with Gasteiger partial charge in [0.25, 0.3) is 0 Å². The lowest BCUT2D eigenvalue weighted by atomic mass is 10.1. The van der Waals surface area contributed by atoms with Crippen LogP contribution in [0.15, 0.2) is 48.7 Å². The highest BCUT2D eigenvalue weighted by atomic mass is 16.5. The van der Waals surface area contributed by atoms with Gasteiger partial charge in [-0.3, -0.25) is 9.59 Å². The fraction of sp³-hybridized carbons (Fsp3) is 0.450. The number of imidazole rings is 2. The molecule has 2 saturated carbocycles. The first-order chi connectivity index (χ1) is 27.3. The van der Waals surface area contributed by atoms with Crippen LogP contribution in [0.4, 0.5) is 9.59 Å². The smallest absolute Gasteiger partial charge is 0.407 e. The fourth-order valence-corrected chi connectivity index (χ4v) is 8.32. The summed E-state index contributed by atoms with van der Waals surface area (Å²) in [5, 5.41) is 15.6. The number of rotatable bonds is 10. The van der Waals surface area contributed by atoms with Gasteiger partial charge in [0, 0.05) is 29.6 Å². The van der Waals surface area contributed by atoms with E-state index in [1.807, 2.05) is 52.3 Å². The maximum absolute atomic E-state index is 13.7. The first kappa shape index (κ1) is 35.6. The van der Waals surface area contributed by atoms with Crippen LogP contribution in [0, 0.1) is 11.8 Å². The summed E-state index contributed by atoms with van der Waals surface area (Å²) in [5.74, 6) is 1.51. The van der Waals surface area contributed by atoms with Crippen LogP contribution in [0.1, 0.15) is 75.1 Å². The molecule has 4 fully saturated rings. The number of aromatic nitrogens is 6. The van der Waals surface area contributed by atoms with Gasteiger partial charge in [0.15, 0.2) is 0 Å². The lowest BCUT2D eigenvalue weighted by molar-refractivity contribution is -0.135. The molecular weight excluding hydrogens is 717 g/mol. The Morgan fingerprint density at radius 2 is 1.34 bits per heavy atom. The minimum Gasteiger partial charge on any atom is -0.453 e. The Hall–Kier alpha value is -6.06. The van der Waals surface area contributed by atoms with Gasteiger partial charge < -0.3 is 39.9 Å². The Morgan fingerprint density at radius 1 is 0.714 bits per heavy atom. The molecule has 16 nitrogen and oxygen atoms in total. The molecule has 5 aromatic rings. The lowest BCUT2D eigenvalue weighted by Gasteiger charge is -2.28. The zero-order valence-corrected chi connectivity index (χ0v) is 31.3. The zero-order chi connectivity index (χ0) is 38.5. The number of hydrogen-bond acceptors (Lipinski definition) is 10. The van der Waals surface area contributed by atoms with Crippen LogP contribution < -0.4 is 10.6 Å². The third kappa shape index (κ3) is 6.88. The number of benzene rings is 2. The summed E-state index contributed by atoms with van der Waals surface area (Å²) in [6.07, 6.45) is 7.47. The topological polar surface area (TPSA) is 200 Å². The molecule has 2 aliphatic carbocycles. The number of aromatic amines is 2. The van der Waals surface area contributed by atoms with E-state index in [1.54, 1.807) is 6.20 Å². The molecule has 0 spiro atoms. The normalized spacial score (nSPS) is 20.6. The van der Waals surface area contributed by atoms with E-state index in [0.29, 0.717) is 24.6 Å². The number of likely N-dealkylation sites (tertiary alicyclic amines) is 2. The van der Waals surface area contributed by atoms with Crippen LogP contribution >= 0.6 is 0 Å². The summed E-state index contributed by atoms with van der Waals surface area (Å²) in [5.41, 5.74) is 5.64. The largest absolute Gasteiger partial charge is 0.453 e. The highest BCUT2D eigenvalue weighted by Gasteiger charge is 2.44. The summed E-state index contributed by atoms with van der Waals surface area (Å²) in [6.45, 7) is 1.21. The Labute approximate surface area is 322 Å². The van der Waals surface area contributed by atoms with Gasteiger partial charge in [0.2, 0.25) is 11.8 Å². The summed E-state index contributed by atoms with van der Waals surface area (Å²) in [7, 11) is 2.61. The standard InChI is InChI=1S/C40H44N10O6/c1-55-39(53)45-33(21-7-8-21)37(51)49-15-3-5-31(49)35-41-20-30(44-35)25-12-11-23-17-27(47-48-28(23)18-25)24-13-14-26-29(19-24)43-36(42-26)32-6-4-16-50(32)38(52)34(22-9-10-22)46-40(54)56-2/h11-14,17-22,31-34H,3-10,15-16H2,1-2H3,(H,41,44)(H,42,43)(H,45,53)(H,46,54)/t31-,32-,33-,34-/m0/s1. The van der Waals surface area contributed by atoms with Gasteiger partial charge in [-0.2, -0.15) is 0 Å². The first-order valence-electron chi connectivity index (χ1n) is 19.4. The van der Waals surface area contributed by atoms with Gasteiger partial charge in [-0.15, -0.1) is 10.2 Å². The summed E-state index contributed by atoms with van der Waals surface area (Å²) >= 11 is 0. The molecule has 4 N–H and O–H groups in total. The third-order valence-electron chi connectivity index (χ3n) is 11.6. The molecule has 2 aliphatic heterocycles. The van der Waals surface area contributed by atoms with Crippen molar-refractivity contribution in [1.29, 1.82) is 0 Å². The van der Waals surface area contributed by atoms with Crippen LogP contribution in [0.2, 0.25) is 0 Å². The molecule has 3 aromatic heterocycles. The maximum Gasteiger partial charge on any atom is 0.407 e. The van der Waals surface area contributed by atoms with E-state index in [1.165, 1.54) is 14.2 Å². The second-order valence-electron chi connectivity index (χ2n) is 15.3. The summed E-state index contributed by atoms with van der Waals surface area (Å²) in [6, 6.07) is 12.3. The number of amides is 4. The SMILES string of the molecule is COC(=O)N[C@H](C(=O)N1CCC[C@H]1c1ncc(-c2ccc3cc(-c4ccc5nc([C@@H]6CCCN6C(=O)[C@@H](NC(=O)OC)C6CC6)[nH]c5c4)nnc3c2)[nH]1)C1CC1. The number of methoxy groups -OCH3 is 2. The highest BCUT2D eigenvalue weighted by molar-refractivity contribution is 5.89. The zero-order valence-electron chi connectivity index (χ0n) is 31.3. The fourth-order valence-electron chi connectivity index (χ4n) is 8.32. The number of nitrogens with one attached hydrogen (secondary N) is 4. The van der Waals surface area contributed by atoms with Crippen molar-refractivity contribution in [3.05, 3.63) is 60.3 Å². The van der Waals surface area contributed by atoms with Gasteiger partial charge in [0.1, 0.15) is 23.7 Å². The average molecular weight is 761 g/mol. The molecule has 4 atom stereocenters. The Kier molecular flexibility index (Phi) is 9.25. The Morgan fingerprint density at radius 3 is 1.96 bits per heavy atom. The van der Waals surface area contributed by atoms with E-state index < -0.39 is 24.3 Å². The van der Waals surface area contributed by atoms with Crippen LogP contribution in [-0.4, -0.2) is 103 Å². The van der Waals surface area contributed by atoms with Crippen molar-refractivity contribution < 1.29 is 28.7 Å². The molecule has 0 radical (unpaired) electrons. The Balaban J connectivity index is 0.905. The van der Waals surface area contributed by atoms with E-state index in [4.69, 9.17) is 14.5 Å². The van der Waals surface area contributed by atoms with Crippen molar-refractivity contribution >= 4 is 45.9 Å². The van der Waals surface area contributed by atoms with Crippen molar-refractivity contribution in [2.75, 3.05) is 27.3 Å². The molecule has 2 saturated heterocycles. The molecule has 2 aromatic carbocycles. The van der Waals surface area contributed by atoms with E-state index in [-0.39, 0.29) is 35.7 Å². The molecule has 0 bridgehead atoms. The Bertz CT molecular complexity index is 2330. The third-order valence-corrected chi connectivity index (χ3v) is 11.6. The molecule has 4 amide bonds. The number of fused-ring (bicyclic) bond motifs is 2. The van der Waals surface area contributed by atoms with Gasteiger partial charge in [-0.05, 0) is 87.5 Å². The molecular formula is C40H44N10O6. The molecule has 9 rings (SSSR count). The van der Waals surface area contributed by atoms with Crippen LogP contribution in [0.3, 0.4) is 0 Å². The maximum atomic E-state index is 13.7. The number of hydrogen-bond donors (Lipinski definition) is 4. The number of alkyl carbamates (subject to hydrolysis) is 2. The first-order valence-corrected chi connectivity index (χ1v) is 19.4. The molecule has 5 heterocycles. The van der Waals surface area contributed by atoms with Crippen LogP contribution in [0.25, 0.3) is 44.5 Å². The minimum absolute atomic E-state index is 0.0928. The summed E-state index contributed by atoms with van der Waals surface area (Å²) in [4.78, 5) is 71.4. The minimum atomic E-state index is -0.595. The number of H-pyrrole nitrogens is 2. The number of carbonyl (C=O) groups is 4. The van der Waals surface area contributed by atoms with Crippen molar-refractivity contribution in [2.45, 2.75) is 75.5 Å². The van der Waals surface area contributed by atoms with E-state index in [2.05, 4.69) is 35.8 Å². The van der Waals surface area contributed by atoms with E-state index in [0.717, 1.165) is 95.9 Å². The highest BCUT2D eigenvalue weighted by Crippen LogP contribution is 2.39. The second-order valence-corrected chi connectivity index (χ2v) is 15.3. The molecule has 0 unspecified atom stereocenters. The molecule has 4 aliphatic rings. The van der Waals surface area contributed by atoms with Gasteiger partial charge in [-0.25, -0.2) is 19.6 Å². The summed E-state index contributed by atoms with van der Waals surface area (Å²) < 4.78 is 9.58. The number of carbonyl (C=O) groups excluding carboxylic acids is 4. The predicted octanol–water partition coefficient (Wildman–Crippen LogP) is 5.16.